The molecule has 0 radical (unpaired) electrons. The zero-order valence-electron chi connectivity index (χ0n) is 18.7. The third-order valence-electron chi connectivity index (χ3n) is 6.24. The van der Waals surface area contributed by atoms with Crippen LogP contribution in [0.3, 0.4) is 0 Å². The molecule has 1 fully saturated rings. The highest BCUT2D eigenvalue weighted by atomic mass is 35.5. The summed E-state index contributed by atoms with van der Waals surface area (Å²) in [4.78, 5) is 33.3. The van der Waals surface area contributed by atoms with E-state index in [4.69, 9.17) is 21.1 Å². The number of thiazole rings is 1. The minimum atomic E-state index is -0.443. The Morgan fingerprint density at radius 3 is 2.82 bits per heavy atom. The van der Waals surface area contributed by atoms with E-state index in [-0.39, 0.29) is 11.4 Å². The summed E-state index contributed by atoms with van der Waals surface area (Å²) in [5.41, 5.74) is 2.27. The Hall–Kier alpha value is -3.14. The Morgan fingerprint density at radius 2 is 2.06 bits per heavy atom. The van der Waals surface area contributed by atoms with Crippen molar-refractivity contribution >= 4 is 45.8 Å². The van der Waals surface area contributed by atoms with E-state index in [1.807, 2.05) is 18.2 Å². The minimum Gasteiger partial charge on any atom is -0.465 e. The van der Waals surface area contributed by atoms with E-state index in [1.54, 1.807) is 29.2 Å². The van der Waals surface area contributed by atoms with Gasteiger partial charge in [-0.25, -0.2) is 14.6 Å². The van der Waals surface area contributed by atoms with Gasteiger partial charge in [0.15, 0.2) is 5.13 Å². The number of anilines is 2. The Balaban J connectivity index is 1.31. The second-order valence-electron chi connectivity index (χ2n) is 8.55. The number of ether oxygens (including phenoxy) is 2. The largest absolute Gasteiger partial charge is 0.465 e. The van der Waals surface area contributed by atoms with Crippen molar-refractivity contribution in [2.45, 2.75) is 11.8 Å². The van der Waals surface area contributed by atoms with Crippen LogP contribution in [0, 0.1) is 0 Å². The molecule has 10 heteroatoms. The lowest BCUT2D eigenvalue weighted by Gasteiger charge is -2.25. The fraction of sp³-hybridized carbons (Fsp3) is 0.292. The summed E-state index contributed by atoms with van der Waals surface area (Å²) in [7, 11) is 3.42. The molecule has 2 aliphatic heterocycles. The Kier molecular flexibility index (Phi) is 5.93. The molecule has 1 N–H and O–H groups in total. The van der Waals surface area contributed by atoms with Crippen molar-refractivity contribution in [3.05, 3.63) is 64.8 Å². The summed E-state index contributed by atoms with van der Waals surface area (Å²) < 4.78 is 10.6. The number of aromatic nitrogens is 1. The molecule has 176 valence electrons. The Bertz CT molecular complexity index is 1270. The molecule has 8 nitrogen and oxygen atoms in total. The number of esters is 1. The van der Waals surface area contributed by atoms with E-state index in [9.17, 15) is 9.59 Å². The van der Waals surface area contributed by atoms with Gasteiger partial charge in [-0.3, -0.25) is 10.2 Å². The molecule has 3 aromatic rings. The zero-order valence-corrected chi connectivity index (χ0v) is 20.3. The van der Waals surface area contributed by atoms with Crippen LogP contribution < -0.4 is 15.0 Å². The second kappa shape index (κ2) is 8.90. The molecule has 1 unspecified atom stereocenters. The number of halogens is 1. The molecule has 1 spiro atoms. The first-order valence-corrected chi connectivity index (χ1v) is 12.0. The minimum absolute atomic E-state index is 0.117. The Labute approximate surface area is 206 Å². The van der Waals surface area contributed by atoms with Gasteiger partial charge in [-0.05, 0) is 62.0 Å². The van der Waals surface area contributed by atoms with Crippen molar-refractivity contribution in [2.24, 2.45) is 0 Å². The lowest BCUT2D eigenvalue weighted by Crippen LogP contribution is -2.40. The highest BCUT2D eigenvalue weighted by molar-refractivity contribution is 7.17. The summed E-state index contributed by atoms with van der Waals surface area (Å²) in [6.07, 6.45) is 2.51. The fourth-order valence-corrected chi connectivity index (χ4v) is 5.54. The first-order chi connectivity index (χ1) is 16.4. The maximum absolute atomic E-state index is 13.2. The van der Waals surface area contributed by atoms with Gasteiger partial charge in [-0.2, -0.15) is 0 Å². The summed E-state index contributed by atoms with van der Waals surface area (Å²) in [5.74, 6) is 0.0307. The van der Waals surface area contributed by atoms with Gasteiger partial charge >= 0.3 is 12.0 Å². The molecule has 3 heterocycles. The normalized spacial score (nSPS) is 19.3. The number of urea groups is 1. The molecule has 34 heavy (non-hydrogen) atoms. The third-order valence-corrected chi connectivity index (χ3v) is 7.27. The van der Waals surface area contributed by atoms with Crippen molar-refractivity contribution in [3.63, 3.8) is 0 Å². The van der Waals surface area contributed by atoms with Crippen LogP contribution in [0.4, 0.5) is 15.6 Å². The van der Waals surface area contributed by atoms with Crippen molar-refractivity contribution < 1.29 is 19.1 Å². The van der Waals surface area contributed by atoms with E-state index in [0.29, 0.717) is 33.1 Å². The van der Waals surface area contributed by atoms with Crippen molar-refractivity contribution in [1.29, 1.82) is 0 Å². The van der Waals surface area contributed by atoms with Crippen molar-refractivity contribution in [1.82, 2.24) is 9.88 Å². The number of methoxy groups -OCH3 is 1. The molecule has 2 aromatic carbocycles. The van der Waals surface area contributed by atoms with E-state index in [1.165, 1.54) is 24.6 Å². The number of nitrogens with zero attached hydrogens (tertiary/aromatic N) is 3. The van der Waals surface area contributed by atoms with Crippen LogP contribution in [0.2, 0.25) is 5.02 Å². The third kappa shape index (κ3) is 4.22. The van der Waals surface area contributed by atoms with Crippen LogP contribution in [0.15, 0.2) is 48.7 Å². The number of hydrogen-bond acceptors (Lipinski definition) is 7. The van der Waals surface area contributed by atoms with Gasteiger partial charge < -0.3 is 14.4 Å². The molecule has 2 amide bonds. The summed E-state index contributed by atoms with van der Waals surface area (Å²) in [6, 6.07) is 12.1. The summed E-state index contributed by atoms with van der Waals surface area (Å²) >= 11 is 7.51. The number of benzene rings is 2. The highest BCUT2D eigenvalue weighted by Gasteiger charge is 2.48. The van der Waals surface area contributed by atoms with Crippen LogP contribution in [-0.2, 0) is 10.2 Å². The molecular weight excluding hydrogens is 476 g/mol. The maximum Gasteiger partial charge on any atom is 0.337 e. The average Bonchev–Trinajstić information content (AvgIpc) is 3.51. The van der Waals surface area contributed by atoms with Crippen LogP contribution in [-0.4, -0.2) is 55.7 Å². The van der Waals surface area contributed by atoms with Gasteiger partial charge in [-0.1, -0.05) is 29.0 Å². The first-order valence-electron chi connectivity index (χ1n) is 10.8. The SMILES string of the molecule is COC(=O)c1cccc(Oc2cnc(NC(=O)N3CC4(CCN(C)C4)c4cc(Cl)ccc43)s2)c1. The number of rotatable bonds is 4. The lowest BCUT2D eigenvalue weighted by atomic mass is 9.81. The number of likely N-dealkylation sites (tertiary alicyclic amines) is 1. The van der Waals surface area contributed by atoms with Gasteiger partial charge in [0, 0.05) is 29.2 Å². The summed E-state index contributed by atoms with van der Waals surface area (Å²) in [6.45, 7) is 2.45. The quantitative estimate of drug-likeness (QED) is 0.509. The van der Waals surface area contributed by atoms with Gasteiger partial charge in [0.1, 0.15) is 5.75 Å². The molecule has 1 saturated heterocycles. The molecule has 1 aromatic heterocycles. The Morgan fingerprint density at radius 1 is 1.21 bits per heavy atom. The number of carbonyl (C=O) groups is 2. The number of likely N-dealkylation sites (N-methyl/N-ethyl adjacent to an activating group) is 1. The fourth-order valence-electron chi connectivity index (χ4n) is 4.69. The molecule has 0 aliphatic carbocycles. The lowest BCUT2D eigenvalue weighted by molar-refractivity contribution is 0.0600. The molecule has 1 atom stereocenters. The highest BCUT2D eigenvalue weighted by Crippen LogP contribution is 2.47. The van der Waals surface area contributed by atoms with Crippen molar-refractivity contribution in [2.75, 3.05) is 44.0 Å². The number of fused-ring (bicyclic) bond motifs is 2. The molecule has 5 rings (SSSR count). The average molecular weight is 499 g/mol. The molecule has 0 saturated carbocycles. The topological polar surface area (TPSA) is 84.0 Å². The molecular formula is C24H23ClN4O4S. The number of amides is 2. The van der Waals surface area contributed by atoms with E-state index >= 15 is 0 Å². The predicted molar refractivity (Wildman–Crippen MR) is 132 cm³/mol. The number of carbonyl (C=O) groups excluding carboxylic acids is 2. The van der Waals surface area contributed by atoms with E-state index < -0.39 is 5.97 Å². The molecule has 2 aliphatic rings. The zero-order chi connectivity index (χ0) is 23.9. The number of hydrogen-bond donors (Lipinski definition) is 1. The number of nitrogens with one attached hydrogen (secondary N) is 1. The smallest absolute Gasteiger partial charge is 0.337 e. The standard InChI is InChI=1S/C24H23ClN4O4S/c1-28-9-8-24(13-28)14-29(19-7-6-16(25)11-18(19)24)23(31)27-22-26-12-20(34-22)33-17-5-3-4-15(10-17)21(30)32-2/h3-7,10-12H,8-9,13-14H2,1-2H3,(H,26,27,31). The van der Waals surface area contributed by atoms with Gasteiger partial charge in [0.05, 0.1) is 18.9 Å². The van der Waals surface area contributed by atoms with Gasteiger partial charge in [0.25, 0.3) is 0 Å². The van der Waals surface area contributed by atoms with Crippen LogP contribution in [0.1, 0.15) is 22.3 Å². The van der Waals surface area contributed by atoms with Crippen LogP contribution in [0.25, 0.3) is 0 Å². The first kappa shape index (κ1) is 22.6. The summed E-state index contributed by atoms with van der Waals surface area (Å²) in [5, 5.41) is 4.48. The van der Waals surface area contributed by atoms with Crippen LogP contribution in [0.5, 0.6) is 10.8 Å². The predicted octanol–water partition coefficient (Wildman–Crippen LogP) is 5.00. The molecule has 0 bridgehead atoms. The van der Waals surface area contributed by atoms with Crippen LogP contribution >= 0.6 is 22.9 Å². The monoisotopic (exact) mass is 498 g/mol. The second-order valence-corrected chi connectivity index (χ2v) is 9.98. The van der Waals surface area contributed by atoms with E-state index in [0.717, 1.165) is 30.8 Å². The van der Waals surface area contributed by atoms with Gasteiger partial charge in [0.2, 0.25) is 5.06 Å². The van der Waals surface area contributed by atoms with Crippen molar-refractivity contribution in [3.8, 4) is 10.8 Å². The van der Waals surface area contributed by atoms with E-state index in [2.05, 4.69) is 22.2 Å². The maximum atomic E-state index is 13.2. The van der Waals surface area contributed by atoms with Gasteiger partial charge in [-0.15, -0.1) is 0 Å².